The van der Waals surface area contributed by atoms with Crippen LogP contribution in [-0.4, -0.2) is 44.1 Å². The molecule has 3 rings (SSSR count). The number of carbonyl (C=O) groups excluding carboxylic acids is 1. The Labute approximate surface area is 139 Å². The maximum atomic E-state index is 11.3. The second kappa shape index (κ2) is 6.84. The Hall–Kier alpha value is -2.67. The summed E-state index contributed by atoms with van der Waals surface area (Å²) in [5.41, 5.74) is 6.57. The Kier molecular flexibility index (Phi) is 4.61. The van der Waals surface area contributed by atoms with Crippen LogP contribution in [0.1, 0.15) is 35.3 Å². The van der Waals surface area contributed by atoms with Gasteiger partial charge in [-0.25, -0.2) is 4.98 Å². The molecule has 0 atom stereocenters. The number of aromatic hydroxyl groups is 2. The summed E-state index contributed by atoms with van der Waals surface area (Å²) >= 11 is 0. The number of piperidine rings is 1. The molecular weight excluding hydrogens is 308 g/mol. The van der Waals surface area contributed by atoms with Crippen molar-refractivity contribution in [2.75, 3.05) is 13.1 Å². The SMILES string of the molecule is NC(=O)c1nc(-c2ccc(CN3CCCCC3)cc2)nc(O)c1O. The van der Waals surface area contributed by atoms with Gasteiger partial charge in [-0.15, -0.1) is 0 Å². The molecule has 1 saturated heterocycles. The van der Waals surface area contributed by atoms with Gasteiger partial charge >= 0.3 is 0 Å². The molecule has 1 aromatic carbocycles. The topological polar surface area (TPSA) is 113 Å². The molecule has 7 heteroatoms. The Morgan fingerprint density at radius 2 is 1.75 bits per heavy atom. The number of amides is 1. The molecule has 126 valence electrons. The van der Waals surface area contributed by atoms with Gasteiger partial charge in [-0.2, -0.15) is 4.98 Å². The van der Waals surface area contributed by atoms with Crippen molar-refractivity contribution in [2.45, 2.75) is 25.8 Å². The van der Waals surface area contributed by atoms with Gasteiger partial charge in [-0.1, -0.05) is 30.7 Å². The maximum absolute atomic E-state index is 11.3. The molecule has 1 aliphatic rings. The molecule has 0 aliphatic carbocycles. The number of benzene rings is 1. The normalized spacial score (nSPS) is 15.3. The lowest BCUT2D eigenvalue weighted by Crippen LogP contribution is -2.29. The standard InChI is InChI=1S/C17H20N4O3/c18-15(23)13-14(22)17(24)20-16(19-13)12-6-4-11(5-7-12)10-21-8-2-1-3-9-21/h4-7,22H,1-3,8-10H2,(H2,18,23)(H,19,20,24). The van der Waals surface area contributed by atoms with E-state index in [1.54, 1.807) is 0 Å². The van der Waals surface area contributed by atoms with Crippen molar-refractivity contribution in [3.8, 4) is 23.0 Å². The van der Waals surface area contributed by atoms with Gasteiger partial charge < -0.3 is 15.9 Å². The average Bonchev–Trinajstić information content (AvgIpc) is 2.58. The number of hydrogen-bond acceptors (Lipinski definition) is 6. The Balaban J connectivity index is 1.81. The highest BCUT2D eigenvalue weighted by atomic mass is 16.3. The lowest BCUT2D eigenvalue weighted by Gasteiger charge is -2.26. The third kappa shape index (κ3) is 3.46. The zero-order valence-electron chi connectivity index (χ0n) is 13.3. The first-order valence-corrected chi connectivity index (χ1v) is 7.96. The van der Waals surface area contributed by atoms with Crippen molar-refractivity contribution in [3.05, 3.63) is 35.5 Å². The van der Waals surface area contributed by atoms with E-state index in [2.05, 4.69) is 14.9 Å². The fourth-order valence-corrected chi connectivity index (χ4v) is 2.88. The van der Waals surface area contributed by atoms with Crippen molar-refractivity contribution in [3.63, 3.8) is 0 Å². The van der Waals surface area contributed by atoms with E-state index in [0.717, 1.165) is 19.6 Å². The van der Waals surface area contributed by atoms with Crippen LogP contribution < -0.4 is 5.73 Å². The minimum Gasteiger partial charge on any atom is -0.501 e. The lowest BCUT2D eigenvalue weighted by atomic mass is 10.1. The molecule has 1 amide bonds. The zero-order valence-corrected chi connectivity index (χ0v) is 13.3. The summed E-state index contributed by atoms with van der Waals surface area (Å²) in [7, 11) is 0. The third-order valence-corrected chi connectivity index (χ3v) is 4.17. The molecule has 2 heterocycles. The van der Waals surface area contributed by atoms with Crippen molar-refractivity contribution in [2.24, 2.45) is 5.73 Å². The van der Waals surface area contributed by atoms with Crippen LogP contribution in [0.3, 0.4) is 0 Å². The van der Waals surface area contributed by atoms with Crippen LogP contribution in [-0.2, 0) is 6.54 Å². The minimum atomic E-state index is -0.923. The van der Waals surface area contributed by atoms with E-state index in [-0.39, 0.29) is 5.82 Å². The van der Waals surface area contributed by atoms with Crippen molar-refractivity contribution < 1.29 is 15.0 Å². The predicted octanol–water partition coefficient (Wildman–Crippen LogP) is 1.64. The first-order chi connectivity index (χ1) is 11.5. The number of nitrogens with two attached hydrogens (primary N) is 1. The average molecular weight is 328 g/mol. The van der Waals surface area contributed by atoms with Crippen molar-refractivity contribution in [1.82, 2.24) is 14.9 Å². The maximum Gasteiger partial charge on any atom is 0.271 e. The highest BCUT2D eigenvalue weighted by molar-refractivity contribution is 5.94. The number of nitrogens with zero attached hydrogens (tertiary/aromatic N) is 3. The number of primary amides is 1. The monoisotopic (exact) mass is 328 g/mol. The Morgan fingerprint density at radius 1 is 1.08 bits per heavy atom. The zero-order chi connectivity index (χ0) is 17.1. The van der Waals surface area contributed by atoms with E-state index >= 15 is 0 Å². The molecule has 2 aromatic rings. The molecule has 0 bridgehead atoms. The fraction of sp³-hybridized carbons (Fsp3) is 0.353. The molecule has 7 nitrogen and oxygen atoms in total. The highest BCUT2D eigenvalue weighted by Gasteiger charge is 2.18. The van der Waals surface area contributed by atoms with Crippen LogP contribution in [0.4, 0.5) is 0 Å². The number of rotatable bonds is 4. The minimum absolute atomic E-state index is 0.142. The molecule has 0 spiro atoms. The second-order valence-corrected chi connectivity index (χ2v) is 5.97. The van der Waals surface area contributed by atoms with Crippen LogP contribution in [0.15, 0.2) is 24.3 Å². The van der Waals surface area contributed by atoms with Crippen LogP contribution >= 0.6 is 0 Å². The van der Waals surface area contributed by atoms with Crippen LogP contribution in [0.25, 0.3) is 11.4 Å². The van der Waals surface area contributed by atoms with E-state index in [1.807, 2.05) is 24.3 Å². The summed E-state index contributed by atoms with van der Waals surface area (Å²) in [6.45, 7) is 3.14. The van der Waals surface area contributed by atoms with Crippen molar-refractivity contribution >= 4 is 5.91 Å². The van der Waals surface area contributed by atoms with Gasteiger partial charge in [-0.3, -0.25) is 9.69 Å². The molecule has 1 aromatic heterocycles. The van der Waals surface area contributed by atoms with Gasteiger partial charge in [0.2, 0.25) is 5.75 Å². The summed E-state index contributed by atoms with van der Waals surface area (Å²) in [5, 5.41) is 19.2. The van der Waals surface area contributed by atoms with Crippen LogP contribution in [0, 0.1) is 0 Å². The third-order valence-electron chi connectivity index (χ3n) is 4.17. The quantitative estimate of drug-likeness (QED) is 0.786. The first kappa shape index (κ1) is 16.2. The van der Waals surface area contributed by atoms with Gasteiger partial charge in [0.25, 0.3) is 11.8 Å². The molecule has 0 radical (unpaired) electrons. The summed E-state index contributed by atoms with van der Waals surface area (Å²) in [6, 6.07) is 7.61. The van der Waals surface area contributed by atoms with E-state index in [9.17, 15) is 15.0 Å². The van der Waals surface area contributed by atoms with Crippen LogP contribution in [0.5, 0.6) is 11.6 Å². The summed E-state index contributed by atoms with van der Waals surface area (Å²) in [4.78, 5) is 21.5. The number of likely N-dealkylation sites (tertiary alicyclic amines) is 1. The van der Waals surface area contributed by atoms with Crippen molar-refractivity contribution in [1.29, 1.82) is 0 Å². The van der Waals surface area contributed by atoms with E-state index in [0.29, 0.717) is 5.56 Å². The Bertz CT molecular complexity index is 740. The molecule has 1 fully saturated rings. The van der Waals surface area contributed by atoms with Crippen LogP contribution in [0.2, 0.25) is 0 Å². The highest BCUT2D eigenvalue weighted by Crippen LogP contribution is 2.28. The molecule has 4 N–H and O–H groups in total. The predicted molar refractivity (Wildman–Crippen MR) is 88.4 cm³/mol. The molecule has 0 unspecified atom stereocenters. The van der Waals surface area contributed by atoms with E-state index in [4.69, 9.17) is 5.73 Å². The van der Waals surface area contributed by atoms with Gasteiger partial charge in [0, 0.05) is 12.1 Å². The lowest BCUT2D eigenvalue weighted by molar-refractivity contribution is 0.0991. The first-order valence-electron chi connectivity index (χ1n) is 7.96. The largest absolute Gasteiger partial charge is 0.501 e. The number of carbonyl (C=O) groups is 1. The van der Waals surface area contributed by atoms with Gasteiger partial charge in [0.1, 0.15) is 0 Å². The molecular formula is C17H20N4O3. The summed E-state index contributed by atoms with van der Waals surface area (Å²) in [5.74, 6) is -2.14. The number of aromatic nitrogens is 2. The fourth-order valence-electron chi connectivity index (χ4n) is 2.88. The second-order valence-electron chi connectivity index (χ2n) is 5.97. The van der Waals surface area contributed by atoms with Gasteiger partial charge in [-0.05, 0) is 31.5 Å². The molecule has 24 heavy (non-hydrogen) atoms. The van der Waals surface area contributed by atoms with Gasteiger partial charge in [0.15, 0.2) is 11.5 Å². The van der Waals surface area contributed by atoms with E-state index < -0.39 is 23.2 Å². The number of hydrogen-bond donors (Lipinski definition) is 3. The molecule has 1 aliphatic heterocycles. The summed E-state index contributed by atoms with van der Waals surface area (Å²) < 4.78 is 0. The Morgan fingerprint density at radius 3 is 2.38 bits per heavy atom. The smallest absolute Gasteiger partial charge is 0.271 e. The molecule has 0 saturated carbocycles. The van der Waals surface area contributed by atoms with E-state index in [1.165, 1.54) is 24.8 Å². The summed E-state index contributed by atoms with van der Waals surface area (Å²) in [6.07, 6.45) is 3.79. The van der Waals surface area contributed by atoms with Gasteiger partial charge in [0.05, 0.1) is 0 Å².